The summed E-state index contributed by atoms with van der Waals surface area (Å²) in [5.41, 5.74) is 5.86. The molecule has 2 fully saturated rings. The van der Waals surface area contributed by atoms with Crippen LogP contribution in [0.15, 0.2) is 87.9 Å². The molecular formula is C36H41BN2O6. The maximum atomic E-state index is 14.1. The first-order valence-corrected chi connectivity index (χ1v) is 16.1. The molecule has 9 heteroatoms. The van der Waals surface area contributed by atoms with Gasteiger partial charge in [0.2, 0.25) is 11.8 Å². The van der Waals surface area contributed by atoms with E-state index in [4.69, 9.17) is 9.07 Å². The Hall–Kier alpha value is -3.92. The van der Waals surface area contributed by atoms with Crippen molar-refractivity contribution in [1.29, 1.82) is 0 Å². The van der Waals surface area contributed by atoms with Gasteiger partial charge in [0.1, 0.15) is 18.1 Å². The number of benzene rings is 2. The molecule has 45 heavy (non-hydrogen) atoms. The molecule has 234 valence electrons. The van der Waals surface area contributed by atoms with Crippen LogP contribution in [-0.4, -0.2) is 35.2 Å². The number of imide groups is 1. The number of nitrogens with zero attached hydrogens (tertiary/aromatic N) is 1. The number of hydrogen-bond donors (Lipinski definition) is 3. The zero-order chi connectivity index (χ0) is 31.5. The molecule has 2 saturated heterocycles. The average Bonchev–Trinajstić information content (AvgIpc) is 3.61. The van der Waals surface area contributed by atoms with Crippen LogP contribution in [0.25, 0.3) is 6.08 Å². The number of hydrogen-bond acceptors (Lipinski definition) is 7. The van der Waals surface area contributed by atoms with Gasteiger partial charge in [0.05, 0.1) is 23.6 Å². The average molecular weight is 609 g/mol. The molecule has 3 aliphatic rings. The lowest BCUT2D eigenvalue weighted by Crippen LogP contribution is -2.46. The van der Waals surface area contributed by atoms with Crippen molar-refractivity contribution in [3.63, 3.8) is 0 Å². The minimum Gasteiger partial charge on any atom is -0.459 e. The Morgan fingerprint density at radius 1 is 0.978 bits per heavy atom. The fourth-order valence-corrected chi connectivity index (χ4v) is 7.40. The zero-order valence-corrected chi connectivity index (χ0v) is 25.9. The number of rotatable bonds is 11. The van der Waals surface area contributed by atoms with Crippen LogP contribution >= 0.6 is 0 Å². The fraction of sp³-hybridized carbons (Fsp3) is 0.389. The lowest BCUT2D eigenvalue weighted by Gasteiger charge is -2.43. The highest BCUT2D eigenvalue weighted by atomic mass is 16.5. The van der Waals surface area contributed by atoms with Gasteiger partial charge >= 0.3 is 7.12 Å². The smallest absolute Gasteiger partial charge is 0.455 e. The Balaban J connectivity index is 1.22. The molecule has 1 aliphatic carbocycles. The molecule has 0 unspecified atom stereocenters. The van der Waals surface area contributed by atoms with Gasteiger partial charge in [-0.05, 0) is 105 Å². The lowest BCUT2D eigenvalue weighted by atomic mass is 9.58. The van der Waals surface area contributed by atoms with E-state index in [9.17, 15) is 19.7 Å². The molecule has 3 aromatic rings. The van der Waals surface area contributed by atoms with Crippen LogP contribution in [0, 0.1) is 17.8 Å². The molecule has 0 radical (unpaired) electrons. The molecule has 4 atom stereocenters. The molecule has 3 N–H and O–H groups in total. The van der Waals surface area contributed by atoms with Crippen molar-refractivity contribution in [2.75, 3.05) is 10.2 Å². The summed E-state index contributed by atoms with van der Waals surface area (Å²) in [5, 5.41) is 23.6. The first-order chi connectivity index (χ1) is 21.9. The van der Waals surface area contributed by atoms with Gasteiger partial charge in [0, 0.05) is 11.4 Å². The van der Waals surface area contributed by atoms with Crippen LogP contribution in [0.5, 0.6) is 0 Å². The number of aliphatic hydroxyl groups excluding tert-OH is 1. The first kappa shape index (κ1) is 31.1. The second-order valence-electron chi connectivity index (χ2n) is 12.3. The van der Waals surface area contributed by atoms with Gasteiger partial charge in [-0.25, -0.2) is 0 Å². The maximum absolute atomic E-state index is 14.1. The molecule has 2 aromatic carbocycles. The number of para-hydroxylation sites is 1. The summed E-state index contributed by atoms with van der Waals surface area (Å²) in [6.45, 7) is 4.09. The number of anilines is 3. The third kappa shape index (κ3) is 6.43. The lowest BCUT2D eigenvalue weighted by molar-refractivity contribution is -0.122. The SMILES string of the molecule is CCC/C(=C\c1ccc(CO)o1)CC[C@H]1OB(O)C[C@H]2C1=C(CC)C[C@H]1C(=O)N(c3ccc(Nc4ccccc4)cc3)C(=O)[C@H]12. The molecule has 1 aromatic heterocycles. The molecule has 6 rings (SSSR count). The predicted octanol–water partition coefficient (Wildman–Crippen LogP) is 6.89. The van der Waals surface area contributed by atoms with Gasteiger partial charge in [-0.15, -0.1) is 0 Å². The molecule has 2 amide bonds. The number of nitrogens with one attached hydrogen (secondary N) is 1. The number of carbonyl (C=O) groups excluding carboxylic acids is 2. The molecular weight excluding hydrogens is 567 g/mol. The standard InChI is InChI=1S/C36H41BN2O6/c1-3-8-23(19-28-16-17-29(22-40)44-28)11-18-32-33-24(4-2)20-30-34(31(33)21-37(43)45-32)36(42)39(35(30)41)27-14-12-26(13-15-27)38-25-9-6-5-7-10-25/h5-7,9-10,12-17,19,30-32,34,38,40,43H,3-4,8,11,18,20-22H2,1-2H3/b23-19+/t30-,31+,32-,34-/m1/s1. The molecule has 0 bridgehead atoms. The Morgan fingerprint density at radius 2 is 1.73 bits per heavy atom. The van der Waals surface area contributed by atoms with E-state index in [1.807, 2.05) is 66.7 Å². The largest absolute Gasteiger partial charge is 0.459 e. The summed E-state index contributed by atoms with van der Waals surface area (Å²) in [5.74, 6) is -0.325. The van der Waals surface area contributed by atoms with E-state index in [1.54, 1.807) is 6.07 Å². The van der Waals surface area contributed by atoms with Crippen molar-refractivity contribution in [3.8, 4) is 0 Å². The number of furan rings is 1. The fourth-order valence-electron chi connectivity index (χ4n) is 7.40. The minimum atomic E-state index is -1.00. The predicted molar refractivity (Wildman–Crippen MR) is 175 cm³/mol. The monoisotopic (exact) mass is 608 g/mol. The Labute approximate surface area is 264 Å². The minimum absolute atomic E-state index is 0.141. The summed E-state index contributed by atoms with van der Waals surface area (Å²) in [6.07, 6.45) is 6.56. The third-order valence-electron chi connectivity index (χ3n) is 9.41. The quantitative estimate of drug-likeness (QED) is 0.123. The van der Waals surface area contributed by atoms with Crippen LogP contribution in [-0.2, 0) is 20.9 Å². The van der Waals surface area contributed by atoms with Crippen LogP contribution in [0.3, 0.4) is 0 Å². The number of allylic oxidation sites excluding steroid dienone is 2. The van der Waals surface area contributed by atoms with Crippen LogP contribution in [0.4, 0.5) is 17.1 Å². The highest BCUT2D eigenvalue weighted by Crippen LogP contribution is 2.52. The van der Waals surface area contributed by atoms with Gasteiger partial charge in [0.15, 0.2) is 0 Å². The zero-order valence-electron chi connectivity index (χ0n) is 25.9. The highest BCUT2D eigenvalue weighted by molar-refractivity contribution is 6.43. The topological polar surface area (TPSA) is 112 Å². The third-order valence-corrected chi connectivity index (χ3v) is 9.41. The number of fused-ring (bicyclic) bond motifs is 3. The van der Waals surface area contributed by atoms with Gasteiger partial charge in [-0.3, -0.25) is 14.5 Å². The number of amides is 2. The van der Waals surface area contributed by atoms with Crippen molar-refractivity contribution >= 4 is 42.1 Å². The summed E-state index contributed by atoms with van der Waals surface area (Å²) < 4.78 is 11.9. The van der Waals surface area contributed by atoms with E-state index in [0.29, 0.717) is 36.4 Å². The van der Waals surface area contributed by atoms with E-state index in [0.717, 1.165) is 42.6 Å². The molecule has 0 saturated carbocycles. The second-order valence-corrected chi connectivity index (χ2v) is 12.3. The molecule has 8 nitrogen and oxygen atoms in total. The first-order valence-electron chi connectivity index (χ1n) is 16.1. The van der Waals surface area contributed by atoms with Crippen molar-refractivity contribution in [2.24, 2.45) is 17.8 Å². The number of carbonyl (C=O) groups is 2. The summed E-state index contributed by atoms with van der Waals surface area (Å²) in [6, 6.07) is 20.9. The molecule has 0 spiro atoms. The van der Waals surface area contributed by atoms with Crippen molar-refractivity contribution in [3.05, 3.63) is 95.0 Å². The molecule has 2 aliphatic heterocycles. The normalized spacial score (nSPS) is 23.4. The van der Waals surface area contributed by atoms with E-state index in [-0.39, 0.29) is 30.4 Å². The van der Waals surface area contributed by atoms with Gasteiger partial charge in [-0.2, -0.15) is 0 Å². The van der Waals surface area contributed by atoms with Gasteiger partial charge in [0.25, 0.3) is 0 Å². The van der Waals surface area contributed by atoms with E-state index < -0.39 is 19.0 Å². The van der Waals surface area contributed by atoms with Crippen LogP contribution in [0.2, 0.25) is 6.32 Å². The Kier molecular flexibility index (Phi) is 9.40. The maximum Gasteiger partial charge on any atom is 0.455 e. The summed E-state index contributed by atoms with van der Waals surface area (Å²) >= 11 is 0. The van der Waals surface area contributed by atoms with Crippen molar-refractivity contribution < 1.29 is 28.8 Å². The highest BCUT2D eigenvalue weighted by Gasteiger charge is 2.57. The van der Waals surface area contributed by atoms with Gasteiger partial charge < -0.3 is 24.5 Å². The van der Waals surface area contributed by atoms with Gasteiger partial charge in [-0.1, -0.05) is 49.6 Å². The van der Waals surface area contributed by atoms with Crippen molar-refractivity contribution in [2.45, 2.75) is 71.4 Å². The van der Waals surface area contributed by atoms with E-state index >= 15 is 0 Å². The summed E-state index contributed by atoms with van der Waals surface area (Å²) in [4.78, 5) is 29.3. The molecule has 3 heterocycles. The second kappa shape index (κ2) is 13.6. The number of aliphatic hydroxyl groups is 1. The van der Waals surface area contributed by atoms with E-state index in [1.165, 1.54) is 16.0 Å². The van der Waals surface area contributed by atoms with Crippen molar-refractivity contribution in [1.82, 2.24) is 0 Å². The Bertz CT molecular complexity index is 1580. The summed E-state index contributed by atoms with van der Waals surface area (Å²) in [7, 11) is -1.00. The van der Waals surface area contributed by atoms with E-state index in [2.05, 4.69) is 19.2 Å². The Morgan fingerprint density at radius 3 is 2.42 bits per heavy atom. The van der Waals surface area contributed by atoms with Crippen LogP contribution < -0.4 is 10.2 Å². The van der Waals surface area contributed by atoms with Crippen LogP contribution in [0.1, 0.15) is 63.9 Å².